The molecule has 0 saturated carbocycles. The lowest BCUT2D eigenvalue weighted by molar-refractivity contribution is 0.605. The molecule has 1 unspecified atom stereocenters. The van der Waals surface area contributed by atoms with Gasteiger partial charge in [-0.1, -0.05) is 0 Å². The fourth-order valence-electron chi connectivity index (χ4n) is 1.71. The van der Waals surface area contributed by atoms with E-state index in [9.17, 15) is 4.39 Å². The fraction of sp³-hybridized carbons (Fsp3) is 0.250. The number of aromatic nitrogens is 3. The van der Waals surface area contributed by atoms with E-state index in [4.69, 9.17) is 0 Å². The van der Waals surface area contributed by atoms with Crippen LogP contribution >= 0.6 is 0 Å². The molecule has 88 valence electrons. The predicted octanol–water partition coefficient (Wildman–Crippen LogP) is 1.63. The molecule has 4 nitrogen and oxygen atoms in total. The third-order valence-corrected chi connectivity index (χ3v) is 2.44. The van der Waals surface area contributed by atoms with Crippen LogP contribution in [0.4, 0.5) is 4.39 Å². The van der Waals surface area contributed by atoms with Gasteiger partial charge in [0.25, 0.3) is 0 Å². The summed E-state index contributed by atoms with van der Waals surface area (Å²) in [6.07, 6.45) is 4.50. The highest BCUT2D eigenvalue weighted by molar-refractivity contribution is 5.25. The zero-order chi connectivity index (χ0) is 12.3. The normalized spacial score (nSPS) is 12.4. The Hall–Kier alpha value is -1.88. The molecule has 17 heavy (non-hydrogen) atoms. The lowest BCUT2D eigenvalue weighted by atomic mass is 10.1. The number of hydrogen-bond acceptors (Lipinski definition) is 4. The first-order valence-electron chi connectivity index (χ1n) is 5.28. The van der Waals surface area contributed by atoms with E-state index in [0.29, 0.717) is 5.82 Å². The third-order valence-electron chi connectivity index (χ3n) is 2.44. The topological polar surface area (TPSA) is 50.7 Å². The van der Waals surface area contributed by atoms with E-state index in [1.807, 2.05) is 6.92 Å². The van der Waals surface area contributed by atoms with Gasteiger partial charge >= 0.3 is 0 Å². The van der Waals surface area contributed by atoms with Crippen LogP contribution in [0.25, 0.3) is 0 Å². The van der Waals surface area contributed by atoms with Gasteiger partial charge in [-0.3, -0.25) is 4.98 Å². The van der Waals surface area contributed by atoms with Gasteiger partial charge in [0.05, 0.1) is 17.9 Å². The summed E-state index contributed by atoms with van der Waals surface area (Å²) in [4.78, 5) is 12.2. The minimum atomic E-state index is -0.353. The molecule has 1 N–H and O–H groups in total. The minimum Gasteiger partial charge on any atom is -0.308 e. The lowest BCUT2D eigenvalue weighted by Crippen LogP contribution is -2.19. The Bertz CT molecular complexity index is 470. The number of rotatable bonds is 3. The van der Waals surface area contributed by atoms with Crippen LogP contribution in [0.3, 0.4) is 0 Å². The highest BCUT2D eigenvalue weighted by atomic mass is 19.1. The summed E-state index contributed by atoms with van der Waals surface area (Å²) in [6, 6.07) is 3.07. The van der Waals surface area contributed by atoms with Gasteiger partial charge < -0.3 is 5.32 Å². The van der Waals surface area contributed by atoms with Crippen LogP contribution in [0.15, 0.2) is 30.7 Å². The fourth-order valence-corrected chi connectivity index (χ4v) is 1.71. The number of nitrogens with zero attached hydrogens (tertiary/aromatic N) is 3. The van der Waals surface area contributed by atoms with Gasteiger partial charge in [0.2, 0.25) is 0 Å². The Morgan fingerprint density at radius 2 is 2.18 bits per heavy atom. The van der Waals surface area contributed by atoms with Crippen LogP contribution in [-0.4, -0.2) is 22.0 Å². The molecule has 0 spiro atoms. The van der Waals surface area contributed by atoms with Crippen LogP contribution in [0.2, 0.25) is 0 Å². The molecule has 0 bridgehead atoms. The van der Waals surface area contributed by atoms with Gasteiger partial charge in [-0.2, -0.15) is 0 Å². The van der Waals surface area contributed by atoms with Gasteiger partial charge in [0, 0.05) is 12.4 Å². The lowest BCUT2D eigenvalue weighted by Gasteiger charge is -2.15. The molecule has 0 radical (unpaired) electrons. The molecule has 0 aliphatic rings. The van der Waals surface area contributed by atoms with E-state index in [2.05, 4.69) is 20.3 Å². The van der Waals surface area contributed by atoms with Crippen molar-refractivity contribution in [2.45, 2.75) is 13.0 Å². The van der Waals surface area contributed by atoms with E-state index in [1.54, 1.807) is 25.5 Å². The number of aryl methyl sites for hydroxylation is 1. The first-order chi connectivity index (χ1) is 8.20. The molecule has 0 aliphatic carbocycles. The Kier molecular flexibility index (Phi) is 3.39. The van der Waals surface area contributed by atoms with E-state index in [1.165, 1.54) is 12.3 Å². The Labute approximate surface area is 99.0 Å². The van der Waals surface area contributed by atoms with E-state index in [0.717, 1.165) is 11.3 Å². The smallest absolute Gasteiger partial charge is 0.141 e. The molecular formula is C12H13FN4. The average Bonchev–Trinajstić information content (AvgIpc) is 2.30. The molecule has 2 heterocycles. The second-order valence-electron chi connectivity index (χ2n) is 3.69. The van der Waals surface area contributed by atoms with E-state index in [-0.39, 0.29) is 11.9 Å². The number of hydrogen-bond donors (Lipinski definition) is 1. The summed E-state index contributed by atoms with van der Waals surface area (Å²) < 4.78 is 13.1. The highest BCUT2D eigenvalue weighted by Crippen LogP contribution is 2.19. The number of pyridine rings is 1. The molecule has 0 saturated heterocycles. The molecule has 5 heteroatoms. The highest BCUT2D eigenvalue weighted by Gasteiger charge is 2.14. The third kappa shape index (κ3) is 2.62. The molecule has 2 aromatic heterocycles. The van der Waals surface area contributed by atoms with Gasteiger partial charge in [0.15, 0.2) is 0 Å². The maximum absolute atomic E-state index is 13.1. The van der Waals surface area contributed by atoms with E-state index >= 15 is 0 Å². The van der Waals surface area contributed by atoms with Crippen LogP contribution in [0, 0.1) is 12.7 Å². The summed E-state index contributed by atoms with van der Waals surface area (Å²) in [5.74, 6) is 0.334. The summed E-state index contributed by atoms with van der Waals surface area (Å²) in [7, 11) is 1.80. The Morgan fingerprint density at radius 3 is 2.82 bits per heavy atom. The summed E-state index contributed by atoms with van der Waals surface area (Å²) >= 11 is 0. The maximum atomic E-state index is 13.1. The first-order valence-corrected chi connectivity index (χ1v) is 5.28. The predicted molar refractivity (Wildman–Crippen MR) is 61.9 cm³/mol. The molecule has 0 fully saturated rings. The molecule has 0 amide bonds. The van der Waals surface area contributed by atoms with Crippen molar-refractivity contribution in [3.05, 3.63) is 53.6 Å². The summed E-state index contributed by atoms with van der Waals surface area (Å²) in [5.41, 5.74) is 1.54. The number of nitrogens with one attached hydrogen (secondary N) is 1. The molecule has 0 aliphatic heterocycles. The monoisotopic (exact) mass is 232 g/mol. The van der Waals surface area contributed by atoms with Crippen molar-refractivity contribution in [3.8, 4) is 0 Å². The van der Waals surface area contributed by atoms with Gasteiger partial charge in [-0.15, -0.1) is 0 Å². The Balaban J connectivity index is 2.40. The first kappa shape index (κ1) is 11.6. The van der Waals surface area contributed by atoms with Crippen LogP contribution < -0.4 is 5.32 Å². The second kappa shape index (κ2) is 4.97. The zero-order valence-corrected chi connectivity index (χ0v) is 9.68. The molecule has 0 aromatic carbocycles. The minimum absolute atomic E-state index is 0.181. The summed E-state index contributed by atoms with van der Waals surface area (Å²) in [5, 5.41) is 3.09. The SMILES string of the molecule is CNC(c1cncc(F)c1)c1ccnc(C)n1. The summed E-state index contributed by atoms with van der Waals surface area (Å²) in [6.45, 7) is 1.82. The molecule has 2 rings (SSSR count). The second-order valence-corrected chi connectivity index (χ2v) is 3.69. The quantitative estimate of drug-likeness (QED) is 0.873. The van der Waals surface area contributed by atoms with Crippen LogP contribution in [0.5, 0.6) is 0 Å². The zero-order valence-electron chi connectivity index (χ0n) is 9.68. The van der Waals surface area contributed by atoms with Gasteiger partial charge in [-0.05, 0) is 31.7 Å². The van der Waals surface area contributed by atoms with Crippen LogP contribution in [0.1, 0.15) is 23.1 Å². The van der Waals surface area contributed by atoms with Crippen LogP contribution in [-0.2, 0) is 0 Å². The van der Waals surface area contributed by atoms with Crippen molar-refractivity contribution >= 4 is 0 Å². The van der Waals surface area contributed by atoms with Crippen molar-refractivity contribution in [2.75, 3.05) is 7.05 Å². The van der Waals surface area contributed by atoms with Crippen molar-refractivity contribution in [3.63, 3.8) is 0 Å². The van der Waals surface area contributed by atoms with Crippen molar-refractivity contribution in [2.24, 2.45) is 0 Å². The maximum Gasteiger partial charge on any atom is 0.141 e. The van der Waals surface area contributed by atoms with Gasteiger partial charge in [0.1, 0.15) is 11.6 Å². The van der Waals surface area contributed by atoms with E-state index < -0.39 is 0 Å². The standard InChI is InChI=1S/C12H13FN4/c1-8-16-4-3-11(17-8)12(14-2)9-5-10(13)7-15-6-9/h3-7,12,14H,1-2H3. The Morgan fingerprint density at radius 1 is 1.35 bits per heavy atom. The van der Waals surface area contributed by atoms with Gasteiger partial charge in [-0.25, -0.2) is 14.4 Å². The molecular weight excluding hydrogens is 219 g/mol. The van der Waals surface area contributed by atoms with Crippen molar-refractivity contribution < 1.29 is 4.39 Å². The average molecular weight is 232 g/mol. The van der Waals surface area contributed by atoms with Crippen molar-refractivity contribution in [1.82, 2.24) is 20.3 Å². The largest absolute Gasteiger partial charge is 0.308 e. The molecule has 2 aromatic rings. The molecule has 1 atom stereocenters. The van der Waals surface area contributed by atoms with Crippen molar-refractivity contribution in [1.29, 1.82) is 0 Å². The number of halogens is 1.